The summed E-state index contributed by atoms with van der Waals surface area (Å²) in [5.41, 5.74) is 5.75. The number of nitrogens with two attached hydrogens (primary N) is 1. The number of amides is 1. The predicted molar refractivity (Wildman–Crippen MR) is 80.8 cm³/mol. The molecule has 2 unspecified atom stereocenters. The van der Waals surface area contributed by atoms with Gasteiger partial charge in [0.15, 0.2) is 0 Å². The largest absolute Gasteiger partial charge is 0.336 e. The third-order valence-corrected chi connectivity index (χ3v) is 4.09. The van der Waals surface area contributed by atoms with Gasteiger partial charge in [0.2, 0.25) is 5.91 Å². The van der Waals surface area contributed by atoms with Crippen LogP contribution < -0.4 is 5.73 Å². The summed E-state index contributed by atoms with van der Waals surface area (Å²) in [6.45, 7) is 8.56. The standard InChI is InChI=1S/C16H30N2O/c1-4-12-18(15-10-5-6-11-15)16(19)13(2)8-7-9-14(3)17/h4,13-15H,1,5-12,17H2,2-3H3. The third kappa shape index (κ3) is 5.35. The Balaban J connectivity index is 2.47. The molecule has 0 aromatic rings. The zero-order valence-corrected chi connectivity index (χ0v) is 12.6. The van der Waals surface area contributed by atoms with Gasteiger partial charge in [-0.2, -0.15) is 0 Å². The third-order valence-electron chi connectivity index (χ3n) is 4.09. The van der Waals surface area contributed by atoms with E-state index in [1.165, 1.54) is 12.8 Å². The smallest absolute Gasteiger partial charge is 0.225 e. The predicted octanol–water partition coefficient (Wildman–Crippen LogP) is 3.10. The van der Waals surface area contributed by atoms with Crippen molar-refractivity contribution in [2.75, 3.05) is 6.54 Å². The van der Waals surface area contributed by atoms with Gasteiger partial charge in [-0.1, -0.05) is 32.3 Å². The van der Waals surface area contributed by atoms with Crippen LogP contribution in [0.5, 0.6) is 0 Å². The number of hydrogen-bond donors (Lipinski definition) is 1. The highest BCUT2D eigenvalue weighted by Gasteiger charge is 2.28. The van der Waals surface area contributed by atoms with E-state index in [4.69, 9.17) is 5.73 Å². The maximum absolute atomic E-state index is 12.5. The normalized spacial score (nSPS) is 19.1. The minimum Gasteiger partial charge on any atom is -0.336 e. The van der Waals surface area contributed by atoms with Crippen molar-refractivity contribution >= 4 is 5.91 Å². The highest BCUT2D eigenvalue weighted by molar-refractivity contribution is 5.79. The lowest BCUT2D eigenvalue weighted by atomic mass is 9.99. The zero-order valence-electron chi connectivity index (χ0n) is 12.6. The summed E-state index contributed by atoms with van der Waals surface area (Å²) in [6, 6.07) is 0.683. The minimum atomic E-state index is 0.110. The molecule has 1 aliphatic carbocycles. The molecule has 3 nitrogen and oxygen atoms in total. The fourth-order valence-electron chi connectivity index (χ4n) is 2.93. The lowest BCUT2D eigenvalue weighted by Gasteiger charge is -2.30. The average Bonchev–Trinajstić information content (AvgIpc) is 2.88. The molecule has 1 saturated carbocycles. The van der Waals surface area contributed by atoms with Gasteiger partial charge in [0, 0.05) is 24.5 Å². The van der Waals surface area contributed by atoms with Crippen LogP contribution in [0.2, 0.25) is 0 Å². The van der Waals surface area contributed by atoms with Crippen molar-refractivity contribution in [3.05, 3.63) is 12.7 Å². The van der Waals surface area contributed by atoms with E-state index >= 15 is 0 Å². The molecule has 0 aromatic carbocycles. The Morgan fingerprint density at radius 2 is 2.00 bits per heavy atom. The molecule has 2 N–H and O–H groups in total. The first-order valence-corrected chi connectivity index (χ1v) is 7.73. The lowest BCUT2D eigenvalue weighted by Crippen LogP contribution is -2.41. The fourth-order valence-corrected chi connectivity index (χ4v) is 2.93. The van der Waals surface area contributed by atoms with Crippen LogP contribution in [0, 0.1) is 5.92 Å². The second-order valence-electron chi connectivity index (χ2n) is 6.03. The minimum absolute atomic E-state index is 0.110. The van der Waals surface area contributed by atoms with Gasteiger partial charge in [-0.05, 0) is 32.6 Å². The first-order chi connectivity index (χ1) is 9.06. The van der Waals surface area contributed by atoms with E-state index in [0.29, 0.717) is 18.5 Å². The Morgan fingerprint density at radius 1 is 1.37 bits per heavy atom. The highest BCUT2D eigenvalue weighted by atomic mass is 16.2. The van der Waals surface area contributed by atoms with Crippen LogP contribution in [0.25, 0.3) is 0 Å². The summed E-state index contributed by atoms with van der Waals surface area (Å²) in [6.07, 6.45) is 9.67. The Hall–Kier alpha value is -0.830. The van der Waals surface area contributed by atoms with Crippen LogP contribution >= 0.6 is 0 Å². The van der Waals surface area contributed by atoms with E-state index in [1.54, 1.807) is 0 Å². The molecule has 3 heteroatoms. The number of nitrogens with zero attached hydrogens (tertiary/aromatic N) is 1. The monoisotopic (exact) mass is 266 g/mol. The molecule has 1 aliphatic rings. The second-order valence-corrected chi connectivity index (χ2v) is 6.03. The fraction of sp³-hybridized carbons (Fsp3) is 0.812. The van der Waals surface area contributed by atoms with E-state index in [9.17, 15) is 4.79 Å². The van der Waals surface area contributed by atoms with E-state index in [2.05, 4.69) is 18.4 Å². The number of hydrogen-bond acceptors (Lipinski definition) is 2. The molecular formula is C16H30N2O. The van der Waals surface area contributed by atoms with E-state index in [0.717, 1.165) is 32.1 Å². The number of carbonyl (C=O) groups excluding carboxylic acids is 1. The first kappa shape index (κ1) is 16.2. The molecule has 1 amide bonds. The molecule has 1 rings (SSSR count). The van der Waals surface area contributed by atoms with Gasteiger partial charge in [0.05, 0.1) is 0 Å². The van der Waals surface area contributed by atoms with Gasteiger partial charge < -0.3 is 10.6 Å². The van der Waals surface area contributed by atoms with Gasteiger partial charge in [-0.3, -0.25) is 4.79 Å². The van der Waals surface area contributed by atoms with Gasteiger partial charge >= 0.3 is 0 Å². The van der Waals surface area contributed by atoms with Gasteiger partial charge in [-0.15, -0.1) is 6.58 Å². The Bertz CT molecular complexity index is 282. The molecular weight excluding hydrogens is 236 g/mol. The molecule has 2 atom stereocenters. The molecule has 110 valence electrons. The van der Waals surface area contributed by atoms with Crippen LogP contribution in [-0.4, -0.2) is 29.4 Å². The zero-order chi connectivity index (χ0) is 14.3. The van der Waals surface area contributed by atoms with Gasteiger partial charge in [0.25, 0.3) is 0 Å². The summed E-state index contributed by atoms with van der Waals surface area (Å²) >= 11 is 0. The second kappa shape index (κ2) is 8.36. The van der Waals surface area contributed by atoms with Crippen LogP contribution in [0.4, 0.5) is 0 Å². The molecule has 0 radical (unpaired) electrons. The van der Waals surface area contributed by atoms with Crippen molar-refractivity contribution in [3.8, 4) is 0 Å². The summed E-state index contributed by atoms with van der Waals surface area (Å²) < 4.78 is 0. The SMILES string of the molecule is C=CCN(C(=O)C(C)CCCC(C)N)C1CCCC1. The quantitative estimate of drug-likeness (QED) is 0.686. The Morgan fingerprint density at radius 3 is 2.53 bits per heavy atom. The molecule has 0 saturated heterocycles. The van der Waals surface area contributed by atoms with Crippen molar-refractivity contribution in [1.29, 1.82) is 0 Å². The van der Waals surface area contributed by atoms with Crippen molar-refractivity contribution in [2.24, 2.45) is 11.7 Å². The maximum atomic E-state index is 12.5. The molecule has 1 fully saturated rings. The molecule has 0 spiro atoms. The average molecular weight is 266 g/mol. The van der Waals surface area contributed by atoms with Crippen LogP contribution in [0.1, 0.15) is 58.8 Å². The number of carbonyl (C=O) groups is 1. The van der Waals surface area contributed by atoms with Crippen molar-refractivity contribution in [2.45, 2.75) is 70.9 Å². The molecule has 0 aliphatic heterocycles. The van der Waals surface area contributed by atoms with Crippen LogP contribution in [0.15, 0.2) is 12.7 Å². The molecule has 0 bridgehead atoms. The molecule has 0 heterocycles. The van der Waals surface area contributed by atoms with Crippen molar-refractivity contribution in [3.63, 3.8) is 0 Å². The van der Waals surface area contributed by atoms with Crippen LogP contribution in [0.3, 0.4) is 0 Å². The molecule has 0 aromatic heterocycles. The van der Waals surface area contributed by atoms with Crippen molar-refractivity contribution in [1.82, 2.24) is 4.90 Å². The summed E-state index contributed by atoms with van der Waals surface area (Å²) in [7, 11) is 0. The van der Waals surface area contributed by atoms with Gasteiger partial charge in [-0.25, -0.2) is 0 Å². The van der Waals surface area contributed by atoms with E-state index in [-0.39, 0.29) is 12.0 Å². The van der Waals surface area contributed by atoms with E-state index in [1.807, 2.05) is 13.0 Å². The van der Waals surface area contributed by atoms with Gasteiger partial charge in [0.1, 0.15) is 0 Å². The summed E-state index contributed by atoms with van der Waals surface area (Å²) in [4.78, 5) is 14.6. The van der Waals surface area contributed by atoms with E-state index < -0.39 is 0 Å². The first-order valence-electron chi connectivity index (χ1n) is 7.73. The maximum Gasteiger partial charge on any atom is 0.225 e. The Labute approximate surface area is 118 Å². The van der Waals surface area contributed by atoms with Crippen LogP contribution in [-0.2, 0) is 4.79 Å². The van der Waals surface area contributed by atoms with Crippen molar-refractivity contribution < 1.29 is 4.79 Å². The highest BCUT2D eigenvalue weighted by Crippen LogP contribution is 2.25. The topological polar surface area (TPSA) is 46.3 Å². The summed E-state index contributed by atoms with van der Waals surface area (Å²) in [5.74, 6) is 0.413. The molecule has 19 heavy (non-hydrogen) atoms. The lowest BCUT2D eigenvalue weighted by molar-refractivity contribution is -0.136. The Kier molecular flexibility index (Phi) is 7.14. The number of rotatable bonds is 8. The summed E-state index contributed by atoms with van der Waals surface area (Å²) in [5, 5.41) is 0.